The van der Waals surface area contributed by atoms with Gasteiger partial charge in [0.05, 0.1) is 5.69 Å². The predicted molar refractivity (Wildman–Crippen MR) is 71.0 cm³/mol. The number of pyridine rings is 1. The fraction of sp³-hybridized carbons (Fsp3) is 0.0714. The first-order chi connectivity index (χ1) is 10.5. The van der Waals surface area contributed by atoms with Crippen LogP contribution in [0.5, 0.6) is 0 Å². The second-order valence-electron chi connectivity index (χ2n) is 4.22. The van der Waals surface area contributed by atoms with E-state index in [1.165, 1.54) is 6.20 Å². The Morgan fingerprint density at radius 3 is 2.50 bits per heavy atom. The molecule has 2 aromatic rings. The van der Waals surface area contributed by atoms with E-state index in [1.54, 1.807) is 18.3 Å². The summed E-state index contributed by atoms with van der Waals surface area (Å²) in [4.78, 5) is 26.9. The number of aromatic nitrogens is 1. The van der Waals surface area contributed by atoms with Gasteiger partial charge in [0, 0.05) is 18.9 Å². The van der Waals surface area contributed by atoms with Crippen molar-refractivity contribution in [2.24, 2.45) is 0 Å². The van der Waals surface area contributed by atoms with Crippen LogP contribution in [0.3, 0.4) is 0 Å². The van der Waals surface area contributed by atoms with E-state index >= 15 is 0 Å². The minimum absolute atomic E-state index is 0.0420. The van der Waals surface area contributed by atoms with Gasteiger partial charge < -0.3 is 10.6 Å². The van der Waals surface area contributed by atoms with E-state index in [0.717, 1.165) is 6.07 Å². The van der Waals surface area contributed by atoms with Crippen LogP contribution in [0.25, 0.3) is 0 Å². The Balaban J connectivity index is 1.97. The molecular weight excluding hydrogens is 299 g/mol. The minimum atomic E-state index is -1.73. The largest absolute Gasteiger partial charge is 0.344 e. The molecule has 0 radical (unpaired) electrons. The van der Waals surface area contributed by atoms with Crippen molar-refractivity contribution in [1.29, 1.82) is 0 Å². The maximum absolute atomic E-state index is 13.4. The normalized spacial score (nSPS) is 10.1. The molecule has 0 saturated carbocycles. The molecule has 0 atom stereocenters. The highest BCUT2D eigenvalue weighted by atomic mass is 19.2. The first kappa shape index (κ1) is 15.5. The van der Waals surface area contributed by atoms with Gasteiger partial charge in [0.25, 0.3) is 0 Å². The second-order valence-corrected chi connectivity index (χ2v) is 4.22. The highest BCUT2D eigenvalue weighted by Crippen LogP contribution is 2.19. The van der Waals surface area contributed by atoms with Crippen LogP contribution in [-0.4, -0.2) is 16.8 Å². The zero-order chi connectivity index (χ0) is 16.1. The first-order valence-electron chi connectivity index (χ1n) is 6.10. The number of amides is 2. The number of nitrogens with one attached hydrogen (secondary N) is 2. The van der Waals surface area contributed by atoms with E-state index < -0.39 is 35.0 Å². The van der Waals surface area contributed by atoms with Crippen LogP contribution in [0.4, 0.5) is 18.9 Å². The summed E-state index contributed by atoms with van der Waals surface area (Å²) in [6.45, 7) is 0.0420. The summed E-state index contributed by atoms with van der Waals surface area (Å²) in [5.41, 5.74) is 0.0306. The Morgan fingerprint density at radius 1 is 1.05 bits per heavy atom. The van der Waals surface area contributed by atoms with E-state index in [1.807, 2.05) is 5.32 Å². The number of hydrogen-bond acceptors (Lipinski definition) is 3. The summed E-state index contributed by atoms with van der Waals surface area (Å²) in [6.07, 6.45) is 3.04. The van der Waals surface area contributed by atoms with Gasteiger partial charge >= 0.3 is 11.8 Å². The third-order valence-electron chi connectivity index (χ3n) is 2.67. The van der Waals surface area contributed by atoms with Crippen molar-refractivity contribution in [1.82, 2.24) is 10.3 Å². The van der Waals surface area contributed by atoms with Crippen molar-refractivity contribution in [3.05, 3.63) is 59.7 Å². The first-order valence-corrected chi connectivity index (χ1v) is 6.10. The van der Waals surface area contributed by atoms with Crippen molar-refractivity contribution in [3.63, 3.8) is 0 Å². The molecule has 5 nitrogen and oxygen atoms in total. The molecule has 0 fully saturated rings. The molecule has 0 aliphatic carbocycles. The lowest BCUT2D eigenvalue weighted by Crippen LogP contribution is -2.35. The summed E-state index contributed by atoms with van der Waals surface area (Å²) < 4.78 is 39.1. The highest BCUT2D eigenvalue weighted by Gasteiger charge is 2.19. The number of benzene rings is 1. The Hall–Kier alpha value is -2.90. The summed E-state index contributed by atoms with van der Waals surface area (Å²) in [5.74, 6) is -6.94. The molecule has 0 saturated heterocycles. The summed E-state index contributed by atoms with van der Waals surface area (Å²) in [6, 6.07) is 4.79. The van der Waals surface area contributed by atoms with Crippen molar-refractivity contribution < 1.29 is 22.8 Å². The van der Waals surface area contributed by atoms with Crippen molar-refractivity contribution in [3.8, 4) is 0 Å². The molecular formula is C14H10F3N3O2. The number of nitrogens with zero attached hydrogens (tertiary/aromatic N) is 1. The van der Waals surface area contributed by atoms with Gasteiger partial charge in [-0.15, -0.1) is 0 Å². The molecule has 0 spiro atoms. The molecule has 1 heterocycles. The summed E-state index contributed by atoms with van der Waals surface area (Å²) >= 11 is 0. The fourth-order valence-corrected chi connectivity index (χ4v) is 1.57. The van der Waals surface area contributed by atoms with E-state index in [4.69, 9.17) is 0 Å². The van der Waals surface area contributed by atoms with Gasteiger partial charge in [0.2, 0.25) is 0 Å². The predicted octanol–water partition coefficient (Wildman–Crippen LogP) is 1.75. The highest BCUT2D eigenvalue weighted by molar-refractivity contribution is 6.39. The number of anilines is 1. The molecule has 8 heteroatoms. The van der Waals surface area contributed by atoms with Crippen molar-refractivity contribution in [2.45, 2.75) is 6.54 Å². The Bertz CT molecular complexity index is 708. The molecule has 2 N–H and O–H groups in total. The molecule has 114 valence electrons. The molecule has 2 amide bonds. The average molecular weight is 309 g/mol. The van der Waals surface area contributed by atoms with E-state index in [-0.39, 0.29) is 6.54 Å². The number of carbonyl (C=O) groups is 2. The third-order valence-corrected chi connectivity index (χ3v) is 2.67. The van der Waals surface area contributed by atoms with Crippen LogP contribution in [0, 0.1) is 17.5 Å². The smallest absolute Gasteiger partial charge is 0.313 e. The monoisotopic (exact) mass is 309 g/mol. The quantitative estimate of drug-likeness (QED) is 0.670. The van der Waals surface area contributed by atoms with Gasteiger partial charge in [-0.25, -0.2) is 13.2 Å². The van der Waals surface area contributed by atoms with Crippen LogP contribution in [-0.2, 0) is 16.1 Å². The molecule has 0 aliphatic heterocycles. The number of hydrogen-bond donors (Lipinski definition) is 2. The topological polar surface area (TPSA) is 71.1 Å². The number of halogens is 3. The molecule has 22 heavy (non-hydrogen) atoms. The molecule has 0 bridgehead atoms. The summed E-state index contributed by atoms with van der Waals surface area (Å²) in [5, 5.41) is 4.15. The fourth-order valence-electron chi connectivity index (χ4n) is 1.57. The van der Waals surface area contributed by atoms with Gasteiger partial charge in [-0.1, -0.05) is 6.07 Å². The number of carbonyl (C=O) groups excluding carboxylic acids is 2. The lowest BCUT2D eigenvalue weighted by Gasteiger charge is -2.08. The average Bonchev–Trinajstić information content (AvgIpc) is 2.54. The zero-order valence-corrected chi connectivity index (χ0v) is 11.1. The van der Waals surface area contributed by atoms with Crippen LogP contribution in [0.1, 0.15) is 5.56 Å². The molecule has 1 aromatic carbocycles. The lowest BCUT2D eigenvalue weighted by molar-refractivity contribution is -0.136. The lowest BCUT2D eigenvalue weighted by atomic mass is 10.2. The van der Waals surface area contributed by atoms with Gasteiger partial charge in [-0.3, -0.25) is 14.6 Å². The number of rotatable bonds is 3. The molecule has 1 aromatic heterocycles. The van der Waals surface area contributed by atoms with Crippen LogP contribution in [0.2, 0.25) is 0 Å². The minimum Gasteiger partial charge on any atom is -0.344 e. The molecule has 0 unspecified atom stereocenters. The van der Waals surface area contributed by atoms with Crippen LogP contribution in [0.15, 0.2) is 36.7 Å². The maximum Gasteiger partial charge on any atom is 0.313 e. The second kappa shape index (κ2) is 6.70. The van der Waals surface area contributed by atoms with Crippen molar-refractivity contribution >= 4 is 17.5 Å². The Kier molecular flexibility index (Phi) is 4.72. The Labute approximate surface area is 123 Å². The molecule has 2 rings (SSSR count). The van der Waals surface area contributed by atoms with E-state index in [2.05, 4.69) is 10.3 Å². The SMILES string of the molecule is O=C(NCc1cccnc1)C(=O)Nc1ccc(F)c(F)c1F. The van der Waals surface area contributed by atoms with Gasteiger partial charge in [-0.05, 0) is 23.8 Å². The van der Waals surface area contributed by atoms with E-state index in [9.17, 15) is 22.8 Å². The Morgan fingerprint density at radius 2 is 1.82 bits per heavy atom. The van der Waals surface area contributed by atoms with Gasteiger partial charge in [0.15, 0.2) is 17.5 Å². The van der Waals surface area contributed by atoms with Crippen LogP contribution < -0.4 is 10.6 Å². The van der Waals surface area contributed by atoms with E-state index in [0.29, 0.717) is 11.6 Å². The third kappa shape index (κ3) is 3.60. The standard InChI is InChI=1S/C14H10F3N3O2/c15-9-3-4-10(12(17)11(9)16)20-14(22)13(21)19-7-8-2-1-5-18-6-8/h1-6H,7H2,(H,19,21)(H,20,22). The van der Waals surface area contributed by atoms with Gasteiger partial charge in [-0.2, -0.15) is 0 Å². The summed E-state index contributed by atoms with van der Waals surface area (Å²) in [7, 11) is 0. The van der Waals surface area contributed by atoms with Crippen molar-refractivity contribution in [2.75, 3.05) is 5.32 Å². The van der Waals surface area contributed by atoms with Gasteiger partial charge in [0.1, 0.15) is 0 Å². The van der Waals surface area contributed by atoms with Crippen LogP contribution >= 0.6 is 0 Å². The zero-order valence-electron chi connectivity index (χ0n) is 11.1. The maximum atomic E-state index is 13.4. The molecule has 0 aliphatic rings.